The standard InChI is InChI=1S/C8H7N3OS/c1-11-5-9-3-7(11)8-10-2-6(4-12)13-8/h2-5H,1H3. The van der Waals surface area contributed by atoms with Crippen molar-refractivity contribution in [2.75, 3.05) is 0 Å². The first-order valence-corrected chi connectivity index (χ1v) is 4.50. The number of hydrogen-bond donors (Lipinski definition) is 0. The maximum Gasteiger partial charge on any atom is 0.161 e. The Morgan fingerprint density at radius 3 is 2.92 bits per heavy atom. The molecule has 13 heavy (non-hydrogen) atoms. The Morgan fingerprint density at radius 1 is 1.54 bits per heavy atom. The van der Waals surface area contributed by atoms with Crippen molar-refractivity contribution in [1.82, 2.24) is 14.5 Å². The van der Waals surface area contributed by atoms with E-state index >= 15 is 0 Å². The smallest absolute Gasteiger partial charge is 0.161 e. The minimum Gasteiger partial charge on any atom is -0.332 e. The van der Waals surface area contributed by atoms with E-state index in [9.17, 15) is 4.79 Å². The largest absolute Gasteiger partial charge is 0.332 e. The van der Waals surface area contributed by atoms with Crippen LogP contribution in [0.4, 0.5) is 0 Å². The zero-order valence-electron chi connectivity index (χ0n) is 6.97. The molecule has 2 aromatic rings. The monoisotopic (exact) mass is 193 g/mol. The quantitative estimate of drug-likeness (QED) is 0.676. The fraction of sp³-hybridized carbons (Fsp3) is 0.125. The number of aldehydes is 1. The second kappa shape index (κ2) is 3.10. The van der Waals surface area contributed by atoms with Crippen molar-refractivity contribution < 1.29 is 4.79 Å². The normalized spacial score (nSPS) is 10.2. The van der Waals surface area contributed by atoms with Gasteiger partial charge in [-0.3, -0.25) is 4.79 Å². The molecule has 0 saturated heterocycles. The summed E-state index contributed by atoms with van der Waals surface area (Å²) < 4.78 is 1.87. The van der Waals surface area contributed by atoms with Crippen molar-refractivity contribution in [3.63, 3.8) is 0 Å². The molecule has 2 heterocycles. The molecular weight excluding hydrogens is 186 g/mol. The van der Waals surface area contributed by atoms with E-state index in [1.807, 2.05) is 11.6 Å². The molecule has 0 saturated carbocycles. The number of aromatic nitrogens is 3. The highest BCUT2D eigenvalue weighted by atomic mass is 32.1. The van der Waals surface area contributed by atoms with Crippen LogP contribution in [0.2, 0.25) is 0 Å². The molecule has 0 unspecified atom stereocenters. The van der Waals surface area contributed by atoms with Crippen LogP contribution in [0.25, 0.3) is 10.7 Å². The number of nitrogens with zero attached hydrogens (tertiary/aromatic N) is 3. The van der Waals surface area contributed by atoms with Crippen molar-refractivity contribution >= 4 is 17.6 Å². The first-order valence-electron chi connectivity index (χ1n) is 3.69. The number of thiazole rings is 1. The Bertz CT molecular complexity index is 432. The van der Waals surface area contributed by atoms with E-state index in [0.29, 0.717) is 4.88 Å². The lowest BCUT2D eigenvalue weighted by atomic mass is 10.5. The zero-order chi connectivity index (χ0) is 9.26. The second-order valence-electron chi connectivity index (χ2n) is 2.58. The van der Waals surface area contributed by atoms with Gasteiger partial charge in [-0.15, -0.1) is 11.3 Å². The number of carbonyl (C=O) groups excluding carboxylic acids is 1. The van der Waals surface area contributed by atoms with Gasteiger partial charge in [0.05, 0.1) is 23.1 Å². The highest BCUT2D eigenvalue weighted by Gasteiger charge is 2.06. The SMILES string of the molecule is Cn1cncc1-c1ncc(C=O)s1. The Hall–Kier alpha value is -1.49. The first-order chi connectivity index (χ1) is 6.31. The van der Waals surface area contributed by atoms with Crippen molar-refractivity contribution in [3.05, 3.63) is 23.6 Å². The van der Waals surface area contributed by atoms with Gasteiger partial charge in [0, 0.05) is 13.2 Å². The Labute approximate surface area is 78.9 Å². The summed E-state index contributed by atoms with van der Waals surface area (Å²) in [6, 6.07) is 0. The maximum absolute atomic E-state index is 10.4. The average molecular weight is 193 g/mol. The lowest BCUT2D eigenvalue weighted by molar-refractivity contribution is 0.112. The minimum atomic E-state index is 0.635. The van der Waals surface area contributed by atoms with Gasteiger partial charge in [0.1, 0.15) is 5.01 Å². The topological polar surface area (TPSA) is 47.8 Å². The van der Waals surface area contributed by atoms with E-state index in [2.05, 4.69) is 9.97 Å². The lowest BCUT2D eigenvalue weighted by Gasteiger charge is -1.94. The van der Waals surface area contributed by atoms with Crippen LogP contribution in [0.1, 0.15) is 9.67 Å². The first kappa shape index (κ1) is 8.12. The highest BCUT2D eigenvalue weighted by Crippen LogP contribution is 2.22. The molecule has 0 atom stereocenters. The van der Waals surface area contributed by atoms with Crippen LogP contribution in [0.15, 0.2) is 18.7 Å². The molecule has 0 amide bonds. The van der Waals surface area contributed by atoms with Gasteiger partial charge < -0.3 is 4.57 Å². The molecule has 0 N–H and O–H groups in total. The number of carbonyl (C=O) groups is 1. The molecule has 2 rings (SSSR count). The van der Waals surface area contributed by atoms with E-state index in [4.69, 9.17) is 0 Å². The van der Waals surface area contributed by atoms with Gasteiger partial charge in [-0.25, -0.2) is 9.97 Å². The summed E-state index contributed by atoms with van der Waals surface area (Å²) in [4.78, 5) is 19.1. The van der Waals surface area contributed by atoms with Crippen LogP contribution in [-0.4, -0.2) is 20.8 Å². The van der Waals surface area contributed by atoms with E-state index in [0.717, 1.165) is 17.0 Å². The van der Waals surface area contributed by atoms with E-state index in [1.54, 1.807) is 18.7 Å². The van der Waals surface area contributed by atoms with Gasteiger partial charge in [-0.2, -0.15) is 0 Å². The molecule has 0 aromatic carbocycles. The molecule has 0 aliphatic rings. The summed E-state index contributed by atoms with van der Waals surface area (Å²) in [5.74, 6) is 0. The van der Waals surface area contributed by atoms with Crippen molar-refractivity contribution in [1.29, 1.82) is 0 Å². The number of rotatable bonds is 2. The minimum absolute atomic E-state index is 0.635. The molecule has 0 aliphatic heterocycles. The van der Waals surface area contributed by atoms with Crippen LogP contribution in [0, 0.1) is 0 Å². The van der Waals surface area contributed by atoms with Gasteiger partial charge in [0.2, 0.25) is 0 Å². The summed E-state index contributed by atoms with van der Waals surface area (Å²) >= 11 is 1.36. The Kier molecular flexibility index (Phi) is 1.94. The summed E-state index contributed by atoms with van der Waals surface area (Å²) in [6.45, 7) is 0. The van der Waals surface area contributed by atoms with Gasteiger partial charge in [-0.05, 0) is 0 Å². The number of hydrogen-bond acceptors (Lipinski definition) is 4. The molecule has 2 aromatic heterocycles. The second-order valence-corrected chi connectivity index (χ2v) is 3.64. The summed E-state index contributed by atoms with van der Waals surface area (Å²) in [6.07, 6.45) is 5.81. The fourth-order valence-corrected chi connectivity index (χ4v) is 1.81. The molecule has 0 aliphatic carbocycles. The van der Waals surface area contributed by atoms with Crippen LogP contribution in [0.3, 0.4) is 0 Å². The summed E-state index contributed by atoms with van der Waals surface area (Å²) in [5.41, 5.74) is 0.929. The zero-order valence-corrected chi connectivity index (χ0v) is 7.78. The van der Waals surface area contributed by atoms with Gasteiger partial charge in [0.15, 0.2) is 6.29 Å². The number of imidazole rings is 1. The van der Waals surface area contributed by atoms with Crippen molar-refractivity contribution in [2.45, 2.75) is 0 Å². The van der Waals surface area contributed by atoms with Gasteiger partial charge in [0.25, 0.3) is 0 Å². The molecular formula is C8H7N3OS. The third-order valence-electron chi connectivity index (χ3n) is 1.68. The molecule has 4 nitrogen and oxygen atoms in total. The summed E-state index contributed by atoms with van der Waals surface area (Å²) in [7, 11) is 1.89. The van der Waals surface area contributed by atoms with Crippen molar-refractivity contribution in [2.24, 2.45) is 7.05 Å². The van der Waals surface area contributed by atoms with E-state index in [1.165, 1.54) is 11.3 Å². The maximum atomic E-state index is 10.4. The lowest BCUT2D eigenvalue weighted by Crippen LogP contribution is -1.87. The fourth-order valence-electron chi connectivity index (χ4n) is 1.02. The predicted octanol–water partition coefficient (Wildman–Crippen LogP) is 1.36. The van der Waals surface area contributed by atoms with Crippen molar-refractivity contribution in [3.8, 4) is 10.7 Å². The predicted molar refractivity (Wildman–Crippen MR) is 49.7 cm³/mol. The third kappa shape index (κ3) is 1.38. The Balaban J connectivity index is 2.46. The molecule has 66 valence electrons. The van der Waals surface area contributed by atoms with Gasteiger partial charge in [-0.1, -0.05) is 0 Å². The molecule has 0 spiro atoms. The molecule has 0 bridgehead atoms. The molecule has 0 radical (unpaired) electrons. The van der Waals surface area contributed by atoms with Crippen LogP contribution in [-0.2, 0) is 7.05 Å². The van der Waals surface area contributed by atoms with Crippen LogP contribution < -0.4 is 0 Å². The van der Waals surface area contributed by atoms with Crippen LogP contribution >= 0.6 is 11.3 Å². The third-order valence-corrected chi connectivity index (χ3v) is 2.62. The Morgan fingerprint density at radius 2 is 2.38 bits per heavy atom. The molecule has 0 fully saturated rings. The van der Waals surface area contributed by atoms with E-state index < -0.39 is 0 Å². The van der Waals surface area contributed by atoms with Crippen LogP contribution in [0.5, 0.6) is 0 Å². The van der Waals surface area contributed by atoms with Gasteiger partial charge >= 0.3 is 0 Å². The molecule has 5 heteroatoms. The van der Waals surface area contributed by atoms with E-state index in [-0.39, 0.29) is 0 Å². The average Bonchev–Trinajstić information content (AvgIpc) is 2.71. The highest BCUT2D eigenvalue weighted by molar-refractivity contribution is 7.16. The summed E-state index contributed by atoms with van der Waals surface area (Å²) in [5, 5.41) is 0.821. The number of aryl methyl sites for hydroxylation is 1.